The van der Waals surface area contributed by atoms with Crippen LogP contribution in [0.5, 0.6) is 11.5 Å². The molecule has 0 spiro atoms. The van der Waals surface area contributed by atoms with Crippen LogP contribution in [0.3, 0.4) is 0 Å². The minimum absolute atomic E-state index is 0.163. The number of nitrogen functional groups attached to an aromatic ring is 1. The highest BCUT2D eigenvalue weighted by molar-refractivity contribution is 6.05. The van der Waals surface area contributed by atoms with E-state index >= 15 is 0 Å². The van der Waals surface area contributed by atoms with E-state index < -0.39 is 0 Å². The van der Waals surface area contributed by atoms with Gasteiger partial charge in [0.05, 0.1) is 5.39 Å². The zero-order valence-corrected chi connectivity index (χ0v) is 21.9. The number of amides is 1. The minimum atomic E-state index is 0.163. The maximum Gasteiger partial charge on any atom is 0.246 e. The number of likely N-dealkylation sites (tertiary alicyclic amines) is 1. The topological polar surface area (TPSA) is 98.7 Å². The van der Waals surface area contributed by atoms with Gasteiger partial charge in [-0.3, -0.25) is 4.79 Å². The fourth-order valence-electron chi connectivity index (χ4n) is 4.65. The van der Waals surface area contributed by atoms with E-state index in [1.807, 2.05) is 59.7 Å². The van der Waals surface area contributed by atoms with E-state index in [0.717, 1.165) is 48.2 Å². The van der Waals surface area contributed by atoms with E-state index in [0.29, 0.717) is 35.5 Å². The molecule has 1 amide bonds. The smallest absolute Gasteiger partial charge is 0.246 e. The lowest BCUT2D eigenvalue weighted by molar-refractivity contribution is -0.125. The van der Waals surface area contributed by atoms with E-state index in [4.69, 9.17) is 21.6 Å². The Morgan fingerprint density at radius 3 is 2.81 bits per heavy atom. The average molecular weight is 503 g/mol. The van der Waals surface area contributed by atoms with Gasteiger partial charge in [0.2, 0.25) is 12.7 Å². The van der Waals surface area contributed by atoms with Gasteiger partial charge in [-0.15, -0.1) is 6.42 Å². The number of ether oxygens (including phenoxy) is 2. The molecule has 0 saturated carbocycles. The Hall–Kier alpha value is -4.03. The third-order valence-corrected chi connectivity index (χ3v) is 6.45. The molecule has 2 aliphatic rings. The summed E-state index contributed by atoms with van der Waals surface area (Å²) < 4.78 is 13.1. The summed E-state index contributed by atoms with van der Waals surface area (Å²) >= 11 is 0. The molecule has 1 fully saturated rings. The van der Waals surface area contributed by atoms with Gasteiger partial charge in [0.25, 0.3) is 0 Å². The van der Waals surface area contributed by atoms with Crippen molar-refractivity contribution in [1.82, 2.24) is 24.3 Å². The number of fused-ring (bicyclic) bond motifs is 2. The summed E-state index contributed by atoms with van der Waals surface area (Å²) in [5.74, 6) is 5.35. The number of para-hydroxylation sites is 1. The summed E-state index contributed by atoms with van der Waals surface area (Å²) in [5, 5.41) is 0.742. The monoisotopic (exact) mass is 502 g/mol. The number of terminal acetylenes is 1. The number of rotatable bonds is 5. The quantitative estimate of drug-likeness (QED) is 0.422. The van der Waals surface area contributed by atoms with Crippen molar-refractivity contribution in [1.29, 1.82) is 0 Å². The number of carbonyl (C=O) groups excluding carboxylic acids is 1. The number of likely N-dealkylation sites (N-methyl/N-ethyl adjacent to an activating group) is 1. The number of aryl methyl sites for hydroxylation is 1. The van der Waals surface area contributed by atoms with Gasteiger partial charge >= 0.3 is 0 Å². The Kier molecular flexibility index (Phi) is 7.99. The van der Waals surface area contributed by atoms with E-state index in [-0.39, 0.29) is 12.7 Å². The molecule has 2 N–H and O–H groups in total. The molecule has 0 radical (unpaired) electrons. The first-order chi connectivity index (χ1) is 17.8. The van der Waals surface area contributed by atoms with Crippen molar-refractivity contribution < 1.29 is 14.3 Å². The van der Waals surface area contributed by atoms with E-state index in [9.17, 15) is 4.79 Å². The highest BCUT2D eigenvalue weighted by atomic mass is 16.7. The number of hydrogen-bond acceptors (Lipinski definition) is 7. The number of aromatic nitrogens is 3. The molecule has 37 heavy (non-hydrogen) atoms. The lowest BCUT2D eigenvalue weighted by Gasteiger charge is -2.13. The highest BCUT2D eigenvalue weighted by Gasteiger charge is 2.26. The minimum Gasteiger partial charge on any atom is -0.454 e. The number of hydrogen-bond donors (Lipinski definition) is 1. The standard InChI is InChI=1S/C17H14N4O2.C11H20N2O/c1-3-11-13(10-6-5-7-12-15(10)23-9-22-12)14-16(18)19-8-20-17(14)21(11)4-2;1-10-6-8-13(9-10)11(14)5-4-7-12(2)3/h1,5-8H,4,9H2,2H3,(H2,18,19,20);4-5,10H,6-9H2,1-3H3/b;5-4+. The number of carbonyl (C=O) groups is 1. The SMILES string of the molecule is C#Cc1c(-c2cccc3c2OCO3)c2c(N)ncnc2n1CC.CC1CCN(C(=O)/C=C/CN(C)C)C1. The molecular weight excluding hydrogens is 468 g/mol. The summed E-state index contributed by atoms with van der Waals surface area (Å²) in [4.78, 5) is 24.0. The van der Waals surface area contributed by atoms with Crippen molar-refractivity contribution in [3.63, 3.8) is 0 Å². The van der Waals surface area contributed by atoms with E-state index in [1.165, 1.54) is 6.33 Å². The Labute approximate surface area is 217 Å². The van der Waals surface area contributed by atoms with Gasteiger partial charge in [0.1, 0.15) is 23.5 Å². The molecule has 0 aliphatic carbocycles. The normalized spacial score (nSPS) is 16.3. The van der Waals surface area contributed by atoms with Crippen LogP contribution in [-0.2, 0) is 11.3 Å². The first-order valence-electron chi connectivity index (χ1n) is 12.4. The summed E-state index contributed by atoms with van der Waals surface area (Å²) in [6.45, 7) is 7.75. The van der Waals surface area contributed by atoms with Crippen molar-refractivity contribution >= 4 is 22.8 Å². The van der Waals surface area contributed by atoms with Gasteiger partial charge in [-0.05, 0) is 39.4 Å². The molecule has 9 nitrogen and oxygen atoms in total. The Balaban J connectivity index is 0.000000197. The number of nitrogens with two attached hydrogens (primary N) is 1. The third kappa shape index (κ3) is 5.39. The van der Waals surface area contributed by atoms with Gasteiger partial charge in [0.15, 0.2) is 11.5 Å². The van der Waals surface area contributed by atoms with Crippen LogP contribution in [0, 0.1) is 18.3 Å². The molecule has 1 aromatic carbocycles. The summed E-state index contributed by atoms with van der Waals surface area (Å²) in [7, 11) is 3.99. The first kappa shape index (κ1) is 26.0. The lowest BCUT2D eigenvalue weighted by atomic mass is 10.0. The van der Waals surface area contributed by atoms with Crippen molar-refractivity contribution in [2.75, 3.05) is 46.3 Å². The molecule has 2 aliphatic heterocycles. The summed E-state index contributed by atoms with van der Waals surface area (Å²) in [5.41, 5.74) is 9.20. The average Bonchev–Trinajstić information content (AvgIpc) is 3.61. The van der Waals surface area contributed by atoms with Crippen LogP contribution in [0.2, 0.25) is 0 Å². The molecule has 0 bridgehead atoms. The maximum absolute atomic E-state index is 11.6. The second-order valence-electron chi connectivity index (χ2n) is 9.45. The largest absolute Gasteiger partial charge is 0.454 e. The van der Waals surface area contributed by atoms with Crippen LogP contribution in [0.1, 0.15) is 26.0 Å². The van der Waals surface area contributed by atoms with Gasteiger partial charge in [-0.2, -0.15) is 0 Å². The molecule has 4 heterocycles. The Morgan fingerprint density at radius 2 is 2.14 bits per heavy atom. The second-order valence-corrected chi connectivity index (χ2v) is 9.45. The predicted octanol–water partition coefficient (Wildman–Crippen LogP) is 3.38. The van der Waals surface area contributed by atoms with Crippen LogP contribution in [0.15, 0.2) is 36.7 Å². The summed E-state index contributed by atoms with van der Waals surface area (Å²) in [6.07, 6.45) is 12.0. The molecule has 1 atom stereocenters. The van der Waals surface area contributed by atoms with Gasteiger partial charge in [0, 0.05) is 43.4 Å². The van der Waals surface area contributed by atoms with Crippen LogP contribution >= 0.6 is 0 Å². The molecule has 1 saturated heterocycles. The zero-order valence-electron chi connectivity index (χ0n) is 21.9. The molecule has 194 valence electrons. The number of nitrogens with zero attached hydrogens (tertiary/aromatic N) is 5. The van der Waals surface area contributed by atoms with Crippen LogP contribution in [-0.4, -0.2) is 70.8 Å². The molecule has 3 aromatic rings. The molecule has 9 heteroatoms. The molecule has 2 aromatic heterocycles. The van der Waals surface area contributed by atoms with Gasteiger partial charge in [-0.1, -0.05) is 31.1 Å². The van der Waals surface area contributed by atoms with Crippen molar-refractivity contribution in [2.45, 2.75) is 26.8 Å². The molecule has 1 unspecified atom stereocenters. The Morgan fingerprint density at radius 1 is 1.32 bits per heavy atom. The van der Waals surface area contributed by atoms with E-state index in [1.54, 1.807) is 6.08 Å². The maximum atomic E-state index is 11.6. The highest BCUT2D eigenvalue weighted by Crippen LogP contribution is 2.46. The fourth-order valence-corrected chi connectivity index (χ4v) is 4.65. The van der Waals surface area contributed by atoms with Crippen molar-refractivity contribution in [3.8, 4) is 35.0 Å². The molecule has 5 rings (SSSR count). The lowest BCUT2D eigenvalue weighted by Crippen LogP contribution is -2.26. The van der Waals surface area contributed by atoms with Crippen LogP contribution < -0.4 is 15.2 Å². The van der Waals surface area contributed by atoms with E-state index in [2.05, 4.69) is 22.8 Å². The van der Waals surface area contributed by atoms with Crippen molar-refractivity contribution in [2.24, 2.45) is 5.92 Å². The zero-order chi connectivity index (χ0) is 26.5. The fraction of sp³-hybridized carbons (Fsp3) is 0.393. The van der Waals surface area contributed by atoms with Gasteiger partial charge in [-0.25, -0.2) is 9.97 Å². The van der Waals surface area contributed by atoms with Crippen molar-refractivity contribution in [3.05, 3.63) is 42.4 Å². The predicted molar refractivity (Wildman–Crippen MR) is 145 cm³/mol. The first-order valence-corrected chi connectivity index (χ1v) is 12.4. The Bertz CT molecular complexity index is 1350. The van der Waals surface area contributed by atoms with Crippen LogP contribution in [0.25, 0.3) is 22.2 Å². The van der Waals surface area contributed by atoms with Gasteiger partial charge < -0.3 is 29.6 Å². The molecular formula is C28H34N6O3. The number of benzene rings is 1. The number of anilines is 1. The third-order valence-electron chi connectivity index (χ3n) is 6.45. The van der Waals surface area contributed by atoms with Crippen LogP contribution in [0.4, 0.5) is 5.82 Å². The second kappa shape index (κ2) is 11.4. The summed E-state index contributed by atoms with van der Waals surface area (Å²) in [6, 6.07) is 5.70.